The van der Waals surface area contributed by atoms with Crippen LogP contribution in [0, 0.1) is 27.9 Å². The zero-order chi connectivity index (χ0) is 49.6. The van der Waals surface area contributed by atoms with E-state index in [1.807, 2.05) is 65.6 Å². The number of cyclic esters (lactones) is 1. The lowest BCUT2D eigenvalue weighted by atomic mass is 9.64. The molecule has 5 aromatic rings. The Morgan fingerprint density at radius 2 is 1.51 bits per heavy atom. The first-order chi connectivity index (χ1) is 34.5. The number of nitro benzene ring substituents is 1. The number of amides is 5. The predicted octanol–water partition coefficient (Wildman–Crippen LogP) is 6.78. The second kappa shape index (κ2) is 20.9. The summed E-state index contributed by atoms with van der Waals surface area (Å²) in [5.74, 6) is 2.53. The van der Waals surface area contributed by atoms with Gasteiger partial charge in [-0.2, -0.15) is 0 Å². The van der Waals surface area contributed by atoms with Crippen LogP contribution in [0.4, 0.5) is 21.0 Å². The van der Waals surface area contributed by atoms with Crippen molar-refractivity contribution in [3.63, 3.8) is 0 Å². The maximum absolute atomic E-state index is 16.7. The molecule has 71 heavy (non-hydrogen) atoms. The summed E-state index contributed by atoms with van der Waals surface area (Å²) in [6.45, 7) is -0.297. The van der Waals surface area contributed by atoms with Gasteiger partial charge in [0.05, 0.1) is 41.8 Å². The van der Waals surface area contributed by atoms with Crippen molar-refractivity contribution in [2.75, 3.05) is 37.7 Å². The van der Waals surface area contributed by atoms with Gasteiger partial charge in [0, 0.05) is 36.3 Å². The lowest BCUT2D eigenvalue weighted by molar-refractivity contribution is -0.384. The van der Waals surface area contributed by atoms with Gasteiger partial charge >= 0.3 is 18.1 Å². The molecule has 4 aliphatic heterocycles. The van der Waals surface area contributed by atoms with Crippen LogP contribution in [0.15, 0.2) is 127 Å². The van der Waals surface area contributed by atoms with E-state index in [-0.39, 0.29) is 49.1 Å². The van der Waals surface area contributed by atoms with Gasteiger partial charge in [0.2, 0.25) is 11.8 Å². The highest BCUT2D eigenvalue weighted by molar-refractivity contribution is 6.23. The third-order valence-electron chi connectivity index (χ3n) is 13.7. The van der Waals surface area contributed by atoms with E-state index in [1.54, 1.807) is 47.4 Å². The molecule has 9 rings (SSSR count). The fraction of sp³-hybridized carbons (Fsp3) is 0.315. The molecule has 364 valence electrons. The van der Waals surface area contributed by atoms with Crippen molar-refractivity contribution < 1.29 is 48.2 Å². The van der Waals surface area contributed by atoms with E-state index in [9.17, 15) is 24.8 Å². The molecule has 1 spiro atoms. The van der Waals surface area contributed by atoms with Crippen LogP contribution in [0.3, 0.4) is 0 Å². The number of nitro groups is 1. The van der Waals surface area contributed by atoms with E-state index in [2.05, 4.69) is 17.2 Å². The standard InChI is InChI=1S/C54H52N6O11/c55-52(65)56-28-14-15-35-24-27-42-41(33-35)54(51(64)58(42)53(66)70-34-36-22-25-39(26-23-36)60(67)68)44(49(62)57-29-12-2-1-3-13-30-57)46-50(63)71-47(38-18-8-5-9-19-38)45(37-16-6-4-7-17-37)59(46)48(54)40-20-10-11-21-43(40)69-32-31-61/h4-11,16-27,33,44-48,61H,1-3,12-13,28-32,34H2,(H3,55,56,65)/t44-,45-,46-,47+,48+,54-/m1/s1. The first-order valence-electron chi connectivity index (χ1n) is 23.6. The molecule has 4 aliphatic rings. The van der Waals surface area contributed by atoms with Crippen molar-refractivity contribution in [1.82, 2.24) is 15.1 Å². The van der Waals surface area contributed by atoms with Gasteiger partial charge in [-0.3, -0.25) is 29.4 Å². The highest BCUT2D eigenvalue weighted by Crippen LogP contribution is 2.67. The van der Waals surface area contributed by atoms with Crippen LogP contribution in [-0.4, -0.2) is 88.6 Å². The summed E-state index contributed by atoms with van der Waals surface area (Å²) in [4.78, 5) is 90.5. The molecule has 3 saturated heterocycles. The number of hydrogen-bond acceptors (Lipinski definition) is 12. The van der Waals surface area contributed by atoms with Crippen molar-refractivity contribution in [3.8, 4) is 17.6 Å². The summed E-state index contributed by atoms with van der Waals surface area (Å²) in [6.07, 6.45) is 2.01. The summed E-state index contributed by atoms with van der Waals surface area (Å²) in [5.41, 5.74) is 5.78. The fourth-order valence-corrected chi connectivity index (χ4v) is 10.8. The number of esters is 1. The number of rotatable bonds is 11. The average molecular weight is 961 g/mol. The Bertz CT molecular complexity index is 2880. The Morgan fingerprint density at radius 3 is 2.18 bits per heavy atom. The highest BCUT2D eigenvalue weighted by atomic mass is 16.6. The Hall–Kier alpha value is -8.07. The number of non-ortho nitro benzene ring substituents is 1. The largest absolute Gasteiger partial charge is 0.491 e. The Morgan fingerprint density at radius 1 is 0.845 bits per heavy atom. The van der Waals surface area contributed by atoms with Crippen LogP contribution in [0.1, 0.15) is 83.7 Å². The molecular weight excluding hydrogens is 909 g/mol. The number of anilines is 1. The lowest BCUT2D eigenvalue weighted by Crippen LogP contribution is -2.56. The van der Waals surface area contributed by atoms with E-state index in [0.29, 0.717) is 53.7 Å². The van der Waals surface area contributed by atoms with Gasteiger partial charge in [-0.05, 0) is 71.5 Å². The summed E-state index contributed by atoms with van der Waals surface area (Å²) < 4.78 is 18.8. The SMILES string of the molecule is NC(=O)NCC#Cc1ccc2c(c1)[C@]1(C(=O)N2C(=O)OCc2ccc([N+](=O)[O-])cc2)[C@H](c2ccccc2OCCO)N2[C@H](c3ccccc3)[C@H](c3ccccc3)OC(=O)[C@H]2[C@@H]1C(=O)N1CCCCCCC1. The first kappa shape index (κ1) is 48.0. The van der Waals surface area contributed by atoms with Gasteiger partial charge in [0.25, 0.3) is 5.69 Å². The van der Waals surface area contributed by atoms with E-state index < -0.39 is 70.4 Å². The monoisotopic (exact) mass is 960 g/mol. The van der Waals surface area contributed by atoms with Crippen LogP contribution in [0.25, 0.3) is 0 Å². The number of primary amides is 1. The number of fused-ring (bicyclic) bond motifs is 3. The number of benzene rings is 5. The number of carbonyl (C=O) groups excluding carboxylic acids is 5. The number of urea groups is 1. The van der Waals surface area contributed by atoms with Crippen LogP contribution in [-0.2, 0) is 35.9 Å². The van der Waals surface area contributed by atoms with Crippen molar-refractivity contribution in [2.45, 2.75) is 68.4 Å². The van der Waals surface area contributed by atoms with Crippen LogP contribution in [0.5, 0.6) is 5.75 Å². The van der Waals surface area contributed by atoms with Gasteiger partial charge in [-0.25, -0.2) is 14.5 Å². The highest BCUT2D eigenvalue weighted by Gasteiger charge is 2.76. The second-order valence-electron chi connectivity index (χ2n) is 17.8. The number of nitrogens with two attached hydrogens (primary N) is 1. The molecule has 0 bridgehead atoms. The van der Waals surface area contributed by atoms with Crippen molar-refractivity contribution in [1.29, 1.82) is 0 Å². The smallest absolute Gasteiger partial charge is 0.421 e. The normalized spacial score (nSPS) is 22.7. The number of para-hydroxylation sites is 1. The molecule has 0 radical (unpaired) electrons. The minimum atomic E-state index is -2.15. The molecule has 0 aromatic heterocycles. The number of aliphatic hydroxyl groups excluding tert-OH is 1. The van der Waals surface area contributed by atoms with Crippen molar-refractivity contribution >= 4 is 41.3 Å². The van der Waals surface area contributed by atoms with Crippen LogP contribution in [0.2, 0.25) is 0 Å². The first-order valence-corrected chi connectivity index (χ1v) is 23.6. The molecule has 3 fully saturated rings. The number of aliphatic hydroxyl groups is 1. The number of nitrogens with zero attached hydrogens (tertiary/aromatic N) is 4. The molecule has 6 atom stereocenters. The molecule has 5 amide bonds. The van der Waals surface area contributed by atoms with Gasteiger partial charge < -0.3 is 35.3 Å². The number of hydrogen-bond donors (Lipinski definition) is 3. The molecule has 17 heteroatoms. The zero-order valence-corrected chi connectivity index (χ0v) is 38.7. The van der Waals surface area contributed by atoms with Crippen molar-refractivity contribution in [3.05, 3.63) is 171 Å². The molecule has 17 nitrogen and oxygen atoms in total. The quantitative estimate of drug-likeness (QED) is 0.0539. The number of likely N-dealkylation sites (tertiary alicyclic amines) is 1. The molecule has 4 N–H and O–H groups in total. The predicted molar refractivity (Wildman–Crippen MR) is 258 cm³/mol. The van der Waals surface area contributed by atoms with Gasteiger partial charge in [0.1, 0.15) is 36.5 Å². The third-order valence-corrected chi connectivity index (χ3v) is 13.7. The van der Waals surface area contributed by atoms with Crippen LogP contribution >= 0.6 is 0 Å². The Kier molecular flexibility index (Phi) is 14.1. The molecule has 4 heterocycles. The molecular formula is C54H52N6O11. The van der Waals surface area contributed by atoms with E-state index in [1.165, 1.54) is 24.3 Å². The van der Waals surface area contributed by atoms with E-state index in [0.717, 1.165) is 24.2 Å². The minimum Gasteiger partial charge on any atom is -0.491 e. The minimum absolute atomic E-state index is 0.0674. The molecule has 5 aromatic carbocycles. The van der Waals surface area contributed by atoms with E-state index in [4.69, 9.17) is 19.9 Å². The second-order valence-corrected chi connectivity index (χ2v) is 17.8. The van der Waals surface area contributed by atoms with Gasteiger partial charge in [0.15, 0.2) is 0 Å². The van der Waals surface area contributed by atoms with E-state index >= 15 is 14.4 Å². The summed E-state index contributed by atoms with van der Waals surface area (Å²) in [7, 11) is 0. The fourth-order valence-electron chi connectivity index (χ4n) is 10.8. The summed E-state index contributed by atoms with van der Waals surface area (Å²) >= 11 is 0. The average Bonchev–Trinajstić information content (AvgIpc) is 3.83. The third kappa shape index (κ3) is 9.15. The Balaban J connectivity index is 1.33. The summed E-state index contributed by atoms with van der Waals surface area (Å²) in [5, 5.41) is 24.0. The Labute approximate surface area is 409 Å². The number of imide groups is 1. The maximum Gasteiger partial charge on any atom is 0.421 e. The van der Waals surface area contributed by atoms with Gasteiger partial charge in [-0.15, -0.1) is 0 Å². The molecule has 0 saturated carbocycles. The van der Waals surface area contributed by atoms with Crippen LogP contribution < -0.4 is 20.7 Å². The number of morpholine rings is 1. The summed E-state index contributed by atoms with van der Waals surface area (Å²) in [6, 6.07) is 31.4. The number of ether oxygens (including phenoxy) is 3. The lowest BCUT2D eigenvalue weighted by Gasteiger charge is -2.46. The molecule has 0 aliphatic carbocycles. The topological polar surface area (TPSA) is 224 Å². The number of carbonyl (C=O) groups is 5. The van der Waals surface area contributed by atoms with Gasteiger partial charge in [-0.1, -0.05) is 110 Å². The van der Waals surface area contributed by atoms with Crippen molar-refractivity contribution in [2.24, 2.45) is 11.7 Å². The molecule has 0 unspecified atom stereocenters. The zero-order valence-electron chi connectivity index (χ0n) is 38.7. The maximum atomic E-state index is 16.7. The number of nitrogens with one attached hydrogen (secondary N) is 1.